The van der Waals surface area contributed by atoms with E-state index in [1.165, 1.54) is 11.1 Å². The van der Waals surface area contributed by atoms with Gasteiger partial charge < -0.3 is 4.42 Å². The molecule has 0 radical (unpaired) electrons. The van der Waals surface area contributed by atoms with E-state index in [0.29, 0.717) is 5.69 Å². The van der Waals surface area contributed by atoms with Gasteiger partial charge in [0.2, 0.25) is 11.4 Å². The molecular weight excluding hydrogens is 308 g/mol. The molecule has 2 heterocycles. The van der Waals surface area contributed by atoms with Crippen LogP contribution in [0, 0.1) is 27.3 Å². The van der Waals surface area contributed by atoms with Crippen molar-refractivity contribution in [1.29, 1.82) is 0 Å². The zero-order valence-electron chi connectivity index (χ0n) is 14.8. The van der Waals surface area contributed by atoms with Gasteiger partial charge in [0.15, 0.2) is 6.20 Å². The van der Waals surface area contributed by atoms with Gasteiger partial charge in [-0.15, -0.1) is 0 Å². The molecule has 0 aliphatic heterocycles. The van der Waals surface area contributed by atoms with Crippen LogP contribution < -0.4 is 4.57 Å². The van der Waals surface area contributed by atoms with Crippen molar-refractivity contribution in [2.24, 2.45) is 7.05 Å². The van der Waals surface area contributed by atoms with Gasteiger partial charge in [-0.25, -0.2) is 9.41 Å². The van der Waals surface area contributed by atoms with E-state index in [-0.39, 0.29) is 0 Å². The number of para-hydroxylation sites is 1. The van der Waals surface area contributed by atoms with Crippen LogP contribution in [0.5, 0.6) is 0 Å². The minimum atomic E-state index is 0.666. The maximum atomic E-state index is 7.87. The number of fused-ring (bicyclic) bond motifs is 3. The Morgan fingerprint density at radius 3 is 2.48 bits per heavy atom. The van der Waals surface area contributed by atoms with Gasteiger partial charge in [0, 0.05) is 22.4 Å². The van der Waals surface area contributed by atoms with Crippen LogP contribution >= 0.6 is 0 Å². The number of hydrogen-bond acceptors (Lipinski definition) is 1. The molecule has 0 unspecified atom stereocenters. The van der Waals surface area contributed by atoms with E-state index in [9.17, 15) is 0 Å². The fraction of sp³-hybridized carbons (Fsp3) is 0.182. The van der Waals surface area contributed by atoms with E-state index in [0.717, 1.165) is 38.8 Å². The van der Waals surface area contributed by atoms with Gasteiger partial charge >= 0.3 is 0 Å². The highest BCUT2D eigenvalue weighted by atomic mass is 16.3. The number of benzene rings is 2. The average molecular weight is 327 g/mol. The van der Waals surface area contributed by atoms with Gasteiger partial charge in [-0.2, -0.15) is 0 Å². The Morgan fingerprint density at radius 1 is 0.960 bits per heavy atom. The molecule has 0 amide bonds. The van der Waals surface area contributed by atoms with Crippen LogP contribution in [-0.4, -0.2) is 0 Å². The molecule has 0 atom stereocenters. The van der Waals surface area contributed by atoms with Crippen molar-refractivity contribution in [1.82, 2.24) is 0 Å². The lowest BCUT2D eigenvalue weighted by Gasteiger charge is -2.10. The van der Waals surface area contributed by atoms with E-state index in [2.05, 4.69) is 41.6 Å². The number of furan rings is 1. The van der Waals surface area contributed by atoms with Gasteiger partial charge in [0.25, 0.3) is 0 Å². The summed E-state index contributed by atoms with van der Waals surface area (Å²) >= 11 is 0. The van der Waals surface area contributed by atoms with Crippen LogP contribution in [0.15, 0.2) is 47.0 Å². The maximum absolute atomic E-state index is 7.87. The number of rotatable bonds is 1. The average Bonchev–Trinajstić information content (AvgIpc) is 2.95. The number of aromatic nitrogens is 1. The molecule has 0 saturated carbocycles. The summed E-state index contributed by atoms with van der Waals surface area (Å²) in [6, 6.07) is 12.1. The molecule has 0 aliphatic carbocycles. The maximum Gasteiger partial charge on any atom is 0.212 e. The summed E-state index contributed by atoms with van der Waals surface area (Å²) in [7, 11) is 2.03. The zero-order chi connectivity index (χ0) is 17.7. The summed E-state index contributed by atoms with van der Waals surface area (Å²) < 4.78 is 8.09. The standard InChI is InChI=1S/C22H19N2O/c1-13-10-17(24(5)12-15(13)3)20-14(2)11-19-21(22(20)23-4)16-8-6-7-9-18(16)25-19/h6-12H,1-3,5H3/q+1. The molecule has 25 heavy (non-hydrogen) atoms. The number of nitrogens with zero attached hydrogens (tertiary/aromatic N) is 2. The van der Waals surface area contributed by atoms with E-state index < -0.39 is 0 Å². The lowest BCUT2D eigenvalue weighted by Crippen LogP contribution is -2.31. The van der Waals surface area contributed by atoms with Crippen LogP contribution in [0.4, 0.5) is 5.69 Å². The van der Waals surface area contributed by atoms with Crippen molar-refractivity contribution in [3.8, 4) is 11.3 Å². The second kappa shape index (κ2) is 5.46. The first kappa shape index (κ1) is 15.4. The molecule has 2 aromatic carbocycles. The first-order valence-electron chi connectivity index (χ1n) is 8.31. The van der Waals surface area contributed by atoms with Gasteiger partial charge in [-0.3, -0.25) is 0 Å². The van der Waals surface area contributed by atoms with Crippen molar-refractivity contribution >= 4 is 27.6 Å². The molecule has 4 rings (SSSR count). The Labute approximate surface area is 147 Å². The third-order valence-corrected chi connectivity index (χ3v) is 4.95. The van der Waals surface area contributed by atoms with Crippen molar-refractivity contribution in [2.75, 3.05) is 0 Å². The Hall–Kier alpha value is -3.12. The molecule has 3 heteroatoms. The zero-order valence-corrected chi connectivity index (χ0v) is 14.8. The lowest BCUT2D eigenvalue weighted by molar-refractivity contribution is -0.660. The summed E-state index contributed by atoms with van der Waals surface area (Å²) in [5.74, 6) is 0. The first-order chi connectivity index (χ1) is 12.0. The topological polar surface area (TPSA) is 21.4 Å². The molecule has 122 valence electrons. The Morgan fingerprint density at radius 2 is 1.72 bits per heavy atom. The third kappa shape index (κ3) is 2.22. The molecule has 0 spiro atoms. The number of aryl methyl sites for hydroxylation is 4. The molecule has 2 aromatic heterocycles. The smallest absolute Gasteiger partial charge is 0.212 e. The molecule has 3 nitrogen and oxygen atoms in total. The quantitative estimate of drug-likeness (QED) is 0.331. The molecule has 4 aromatic rings. The Bertz CT molecular complexity index is 1190. The van der Waals surface area contributed by atoms with Crippen molar-refractivity contribution in [2.45, 2.75) is 20.8 Å². The Balaban J connectivity index is 2.18. The second-order valence-corrected chi connectivity index (χ2v) is 6.64. The monoisotopic (exact) mass is 327 g/mol. The van der Waals surface area contributed by atoms with Gasteiger partial charge in [-0.05, 0) is 44.0 Å². The Kier molecular flexibility index (Phi) is 3.36. The SMILES string of the molecule is [C-]#[N+]c1c(-c2cc(C)c(C)c[n+]2C)c(C)cc2oc3ccccc3c12. The van der Waals surface area contributed by atoms with Crippen molar-refractivity contribution in [3.05, 3.63) is 70.7 Å². The summed E-state index contributed by atoms with van der Waals surface area (Å²) in [5.41, 5.74) is 7.82. The van der Waals surface area contributed by atoms with E-state index in [1.54, 1.807) is 0 Å². The molecule has 0 N–H and O–H groups in total. The highest BCUT2D eigenvalue weighted by molar-refractivity contribution is 6.15. The van der Waals surface area contributed by atoms with E-state index in [4.69, 9.17) is 11.0 Å². The molecule has 0 fully saturated rings. The molecule has 0 aliphatic rings. The van der Waals surface area contributed by atoms with Crippen molar-refractivity contribution in [3.63, 3.8) is 0 Å². The highest BCUT2D eigenvalue weighted by Crippen LogP contribution is 2.43. The summed E-state index contributed by atoms with van der Waals surface area (Å²) in [5, 5.41) is 1.90. The summed E-state index contributed by atoms with van der Waals surface area (Å²) in [4.78, 5) is 3.93. The van der Waals surface area contributed by atoms with Crippen LogP contribution in [0.2, 0.25) is 0 Å². The minimum absolute atomic E-state index is 0.666. The van der Waals surface area contributed by atoms with Gasteiger partial charge in [0.1, 0.15) is 18.2 Å². The number of pyridine rings is 1. The summed E-state index contributed by atoms with van der Waals surface area (Å²) in [6.07, 6.45) is 2.12. The van der Waals surface area contributed by atoms with Crippen LogP contribution in [0.25, 0.3) is 38.0 Å². The van der Waals surface area contributed by atoms with Crippen LogP contribution in [0.1, 0.15) is 16.7 Å². The highest BCUT2D eigenvalue weighted by Gasteiger charge is 2.23. The van der Waals surface area contributed by atoms with Gasteiger partial charge in [-0.1, -0.05) is 18.2 Å². The van der Waals surface area contributed by atoms with Crippen LogP contribution in [-0.2, 0) is 7.05 Å². The molecule has 0 bridgehead atoms. The normalized spacial score (nSPS) is 11.2. The second-order valence-electron chi connectivity index (χ2n) is 6.64. The largest absolute Gasteiger partial charge is 0.457 e. The third-order valence-electron chi connectivity index (χ3n) is 4.95. The fourth-order valence-corrected chi connectivity index (χ4v) is 3.56. The molecule has 0 saturated heterocycles. The molecular formula is C22H19N2O+. The van der Waals surface area contributed by atoms with Gasteiger partial charge in [0.05, 0.1) is 12.1 Å². The fourth-order valence-electron chi connectivity index (χ4n) is 3.56. The predicted octanol–water partition coefficient (Wildman–Crippen LogP) is 5.55. The predicted molar refractivity (Wildman–Crippen MR) is 101 cm³/mol. The van der Waals surface area contributed by atoms with Crippen LogP contribution in [0.3, 0.4) is 0 Å². The minimum Gasteiger partial charge on any atom is -0.457 e. The van der Waals surface area contributed by atoms with E-state index >= 15 is 0 Å². The number of hydrogen-bond donors (Lipinski definition) is 0. The lowest BCUT2D eigenvalue weighted by atomic mass is 9.97. The summed E-state index contributed by atoms with van der Waals surface area (Å²) in [6.45, 7) is 14.1. The van der Waals surface area contributed by atoms with E-state index in [1.807, 2.05) is 38.2 Å². The van der Waals surface area contributed by atoms with Crippen molar-refractivity contribution < 1.29 is 8.98 Å². The first-order valence-corrected chi connectivity index (χ1v) is 8.31.